The number of carbonyl (C=O) groups excluding carboxylic acids is 1. The number of furan rings is 1. The first-order valence-corrected chi connectivity index (χ1v) is 7.79. The molecule has 1 fully saturated rings. The Morgan fingerprint density at radius 3 is 3.21 bits per heavy atom. The van der Waals surface area contributed by atoms with Gasteiger partial charge in [0.2, 0.25) is 5.91 Å². The van der Waals surface area contributed by atoms with Crippen LogP contribution in [0.2, 0.25) is 0 Å². The van der Waals surface area contributed by atoms with Gasteiger partial charge in [-0.3, -0.25) is 4.79 Å². The summed E-state index contributed by atoms with van der Waals surface area (Å²) in [5, 5.41) is 4.84. The van der Waals surface area contributed by atoms with E-state index in [1.807, 2.05) is 23.1 Å². The number of carbonyl (C=O) groups is 1. The van der Waals surface area contributed by atoms with Crippen molar-refractivity contribution in [3.63, 3.8) is 0 Å². The van der Waals surface area contributed by atoms with E-state index in [1.54, 1.807) is 18.7 Å². The Hall–Kier alpha value is -2.93. The molecule has 4 heterocycles. The number of rotatable bonds is 1. The number of hydrogen-bond donors (Lipinski definition) is 1. The molecule has 1 unspecified atom stereocenters. The lowest BCUT2D eigenvalue weighted by Gasteiger charge is -2.39. The zero-order valence-corrected chi connectivity index (χ0v) is 12.7. The minimum atomic E-state index is -0.335. The van der Waals surface area contributed by atoms with E-state index in [2.05, 4.69) is 10.3 Å². The van der Waals surface area contributed by atoms with Crippen molar-refractivity contribution in [3.05, 3.63) is 36.9 Å². The molecule has 0 aliphatic carbocycles. The normalized spacial score (nSPS) is 19.8. The summed E-state index contributed by atoms with van der Waals surface area (Å²) < 4.78 is 10.7. The van der Waals surface area contributed by atoms with E-state index in [-0.39, 0.29) is 11.9 Å². The monoisotopic (exact) mass is 322 g/mol. The number of aromatic nitrogens is 2. The number of nitrogens with zero attached hydrogens (tertiary/aromatic N) is 3. The highest BCUT2D eigenvalue weighted by Gasteiger charge is 2.36. The Balaban J connectivity index is 1.66. The summed E-state index contributed by atoms with van der Waals surface area (Å²) in [7, 11) is 0. The molecular weight excluding hydrogens is 308 g/mol. The summed E-state index contributed by atoms with van der Waals surface area (Å²) in [6, 6.07) is 5.57. The van der Waals surface area contributed by atoms with Crippen molar-refractivity contribution < 1.29 is 13.9 Å². The summed E-state index contributed by atoms with van der Waals surface area (Å²) in [4.78, 5) is 23.4. The number of fused-ring (bicyclic) bond motifs is 4. The molecule has 2 aliphatic heterocycles. The Bertz CT molecular complexity index is 952. The van der Waals surface area contributed by atoms with Crippen molar-refractivity contribution in [3.8, 4) is 11.4 Å². The van der Waals surface area contributed by atoms with Gasteiger partial charge in [-0.05, 0) is 0 Å². The SMILES string of the molecule is O=C1Nc2cnc(-c3cccc4cocc34)nc2N2CCOCC12. The molecule has 24 heavy (non-hydrogen) atoms. The van der Waals surface area contributed by atoms with Crippen LogP contribution in [0.4, 0.5) is 11.5 Å². The lowest BCUT2D eigenvalue weighted by molar-refractivity contribution is -0.120. The average Bonchev–Trinajstić information content (AvgIpc) is 3.11. The molecule has 0 radical (unpaired) electrons. The predicted octanol–water partition coefficient (Wildman–Crippen LogP) is 2.05. The molecule has 1 amide bonds. The van der Waals surface area contributed by atoms with E-state index >= 15 is 0 Å². The molecule has 7 nitrogen and oxygen atoms in total. The first-order valence-electron chi connectivity index (χ1n) is 7.79. The maximum atomic E-state index is 12.2. The highest BCUT2D eigenvalue weighted by molar-refractivity contribution is 6.03. The van der Waals surface area contributed by atoms with Gasteiger partial charge in [0.05, 0.1) is 31.9 Å². The fraction of sp³-hybridized carbons (Fsp3) is 0.235. The van der Waals surface area contributed by atoms with E-state index in [4.69, 9.17) is 14.1 Å². The van der Waals surface area contributed by atoms with Crippen LogP contribution in [0.3, 0.4) is 0 Å². The van der Waals surface area contributed by atoms with E-state index in [9.17, 15) is 4.79 Å². The zero-order valence-electron chi connectivity index (χ0n) is 12.7. The Labute approximate surface area is 137 Å². The topological polar surface area (TPSA) is 80.5 Å². The van der Waals surface area contributed by atoms with Gasteiger partial charge in [-0.2, -0.15) is 0 Å². The van der Waals surface area contributed by atoms with Crippen LogP contribution in [0.15, 0.2) is 41.3 Å². The van der Waals surface area contributed by atoms with Gasteiger partial charge >= 0.3 is 0 Å². The van der Waals surface area contributed by atoms with Gasteiger partial charge in [0.1, 0.15) is 11.7 Å². The summed E-state index contributed by atoms with van der Waals surface area (Å²) >= 11 is 0. The van der Waals surface area contributed by atoms with Crippen molar-refractivity contribution in [1.29, 1.82) is 0 Å². The van der Waals surface area contributed by atoms with E-state index in [1.165, 1.54) is 0 Å². The number of anilines is 2. The van der Waals surface area contributed by atoms with Gasteiger partial charge in [0, 0.05) is 22.9 Å². The van der Waals surface area contributed by atoms with Crippen LogP contribution < -0.4 is 10.2 Å². The number of ether oxygens (including phenoxy) is 1. The summed E-state index contributed by atoms with van der Waals surface area (Å²) in [6.45, 7) is 1.60. The van der Waals surface area contributed by atoms with Crippen LogP contribution in [-0.4, -0.2) is 41.7 Å². The first-order chi connectivity index (χ1) is 11.8. The lowest BCUT2D eigenvalue weighted by Crippen LogP contribution is -2.55. The van der Waals surface area contributed by atoms with Gasteiger partial charge in [0.15, 0.2) is 11.6 Å². The van der Waals surface area contributed by atoms with Crippen LogP contribution in [0.1, 0.15) is 0 Å². The van der Waals surface area contributed by atoms with Crippen LogP contribution >= 0.6 is 0 Å². The van der Waals surface area contributed by atoms with E-state index < -0.39 is 0 Å². The molecule has 0 bridgehead atoms. The third-order valence-electron chi connectivity index (χ3n) is 4.49. The second-order valence-corrected chi connectivity index (χ2v) is 5.88. The van der Waals surface area contributed by atoms with Crippen molar-refractivity contribution in [2.24, 2.45) is 0 Å². The van der Waals surface area contributed by atoms with Gasteiger partial charge in [0.25, 0.3) is 0 Å². The molecule has 1 saturated heterocycles. The quantitative estimate of drug-likeness (QED) is 0.738. The van der Waals surface area contributed by atoms with E-state index in [0.717, 1.165) is 22.2 Å². The largest absolute Gasteiger partial charge is 0.471 e. The van der Waals surface area contributed by atoms with Crippen molar-refractivity contribution in [1.82, 2.24) is 9.97 Å². The number of nitrogens with one attached hydrogen (secondary N) is 1. The van der Waals surface area contributed by atoms with Crippen LogP contribution in [0, 0.1) is 0 Å². The first kappa shape index (κ1) is 13.5. The second-order valence-electron chi connectivity index (χ2n) is 5.88. The van der Waals surface area contributed by atoms with E-state index in [0.29, 0.717) is 31.3 Å². The minimum Gasteiger partial charge on any atom is -0.471 e. The predicted molar refractivity (Wildman–Crippen MR) is 87.8 cm³/mol. The number of hydrogen-bond acceptors (Lipinski definition) is 6. The molecule has 2 aliphatic rings. The fourth-order valence-corrected chi connectivity index (χ4v) is 3.29. The van der Waals surface area contributed by atoms with Crippen LogP contribution in [0.25, 0.3) is 22.2 Å². The van der Waals surface area contributed by atoms with Crippen LogP contribution in [-0.2, 0) is 9.53 Å². The lowest BCUT2D eigenvalue weighted by atomic mass is 10.1. The van der Waals surface area contributed by atoms with Crippen molar-refractivity contribution >= 4 is 28.2 Å². The molecule has 1 aromatic carbocycles. The van der Waals surface area contributed by atoms with Crippen molar-refractivity contribution in [2.45, 2.75) is 6.04 Å². The molecular formula is C17H14N4O3. The Morgan fingerprint density at radius 2 is 2.25 bits per heavy atom. The smallest absolute Gasteiger partial charge is 0.249 e. The van der Waals surface area contributed by atoms with Gasteiger partial charge in [-0.1, -0.05) is 18.2 Å². The minimum absolute atomic E-state index is 0.0736. The molecule has 0 spiro atoms. The maximum Gasteiger partial charge on any atom is 0.249 e. The average molecular weight is 322 g/mol. The van der Waals surface area contributed by atoms with Gasteiger partial charge < -0.3 is 19.4 Å². The Kier molecular flexibility index (Phi) is 2.83. The molecule has 5 rings (SSSR count). The third-order valence-corrected chi connectivity index (χ3v) is 4.49. The number of benzene rings is 1. The number of amides is 1. The third kappa shape index (κ3) is 1.91. The van der Waals surface area contributed by atoms with Gasteiger partial charge in [-0.15, -0.1) is 0 Å². The highest BCUT2D eigenvalue weighted by Crippen LogP contribution is 2.34. The number of morpholine rings is 1. The maximum absolute atomic E-state index is 12.2. The molecule has 0 saturated carbocycles. The summed E-state index contributed by atoms with van der Waals surface area (Å²) in [6.07, 6.45) is 5.07. The molecule has 3 aromatic rings. The molecule has 2 aromatic heterocycles. The fourth-order valence-electron chi connectivity index (χ4n) is 3.29. The molecule has 7 heteroatoms. The van der Waals surface area contributed by atoms with Crippen LogP contribution in [0.5, 0.6) is 0 Å². The second kappa shape index (κ2) is 5.04. The van der Waals surface area contributed by atoms with Crippen molar-refractivity contribution in [2.75, 3.05) is 30.0 Å². The zero-order chi connectivity index (χ0) is 16.1. The molecule has 120 valence electrons. The van der Waals surface area contributed by atoms with Gasteiger partial charge in [-0.25, -0.2) is 9.97 Å². The summed E-state index contributed by atoms with van der Waals surface area (Å²) in [5.74, 6) is 1.28. The Morgan fingerprint density at radius 1 is 1.29 bits per heavy atom. The molecule has 1 atom stereocenters. The summed E-state index contributed by atoms with van der Waals surface area (Å²) in [5.41, 5.74) is 1.55. The highest BCUT2D eigenvalue weighted by atomic mass is 16.5. The molecule has 1 N–H and O–H groups in total. The standard InChI is InChI=1S/C17H14N4O3/c22-17-14-9-23-5-4-21(14)16-13(19-17)6-18-15(20-16)11-3-1-2-10-7-24-8-12(10)11/h1-3,6-8,14H,4-5,9H2,(H,19,22).